The van der Waals surface area contributed by atoms with Crippen LogP contribution in [0.5, 0.6) is 0 Å². The van der Waals surface area contributed by atoms with Crippen LogP contribution in [0.4, 0.5) is 0 Å². The molecule has 50 heavy (non-hydrogen) atoms. The van der Waals surface area contributed by atoms with Gasteiger partial charge in [0.15, 0.2) is 5.78 Å². The molecule has 2 aromatic rings. The number of rotatable bonds is 21. The number of morpholine rings is 1. The molecule has 1 aliphatic rings. The molecule has 1 fully saturated rings. The molecule has 0 spiro atoms. The molecule has 0 aliphatic carbocycles. The van der Waals surface area contributed by atoms with Crippen molar-refractivity contribution >= 4 is 23.5 Å². The first-order valence-corrected chi connectivity index (χ1v) is 18.1. The number of ether oxygens (including phenoxy) is 1. The van der Waals surface area contributed by atoms with Crippen LogP contribution in [0.25, 0.3) is 0 Å². The van der Waals surface area contributed by atoms with Crippen molar-refractivity contribution < 1.29 is 23.9 Å². The van der Waals surface area contributed by atoms with Gasteiger partial charge in [-0.25, -0.2) is 0 Å². The lowest BCUT2D eigenvalue weighted by molar-refractivity contribution is -0.132. The molecular weight excluding hydrogens is 630 g/mol. The average Bonchev–Trinajstić information content (AvgIpc) is 3.08. The van der Waals surface area contributed by atoms with E-state index in [9.17, 15) is 19.2 Å². The Morgan fingerprint density at radius 1 is 0.760 bits per heavy atom. The number of nitrogens with zero attached hydrogens (tertiary/aromatic N) is 1. The van der Waals surface area contributed by atoms with Crippen molar-refractivity contribution in [1.29, 1.82) is 0 Å². The third kappa shape index (κ3) is 14.9. The minimum absolute atomic E-state index is 0.0588. The Hall–Kier alpha value is -3.86. The second kappa shape index (κ2) is 21.4. The molecule has 10 nitrogen and oxygen atoms in total. The summed E-state index contributed by atoms with van der Waals surface area (Å²) in [6.45, 7) is 16.9. The molecule has 4 N–H and O–H groups in total. The molecule has 0 radical (unpaired) electrons. The number of benzene rings is 2. The Labute approximate surface area is 299 Å². The topological polar surface area (TPSA) is 129 Å². The maximum Gasteiger partial charge on any atom is 0.243 e. The maximum absolute atomic E-state index is 14.0. The van der Waals surface area contributed by atoms with Crippen LogP contribution >= 0.6 is 0 Å². The lowest BCUT2D eigenvalue weighted by Crippen LogP contribution is -2.57. The summed E-state index contributed by atoms with van der Waals surface area (Å²) in [6, 6.07) is 17.2. The van der Waals surface area contributed by atoms with E-state index in [-0.39, 0.29) is 41.9 Å². The number of carbonyl (C=O) groups excluding carboxylic acids is 4. The summed E-state index contributed by atoms with van der Waals surface area (Å²) in [6.07, 6.45) is 2.71. The zero-order chi connectivity index (χ0) is 36.5. The molecule has 0 unspecified atom stereocenters. The molecule has 3 rings (SSSR count). The van der Waals surface area contributed by atoms with Crippen LogP contribution in [0.3, 0.4) is 0 Å². The summed E-state index contributed by atoms with van der Waals surface area (Å²) in [4.78, 5) is 56.1. The van der Waals surface area contributed by atoms with Gasteiger partial charge in [0.2, 0.25) is 17.7 Å². The highest BCUT2D eigenvalue weighted by Gasteiger charge is 2.30. The third-order valence-corrected chi connectivity index (χ3v) is 8.77. The molecule has 274 valence electrons. The molecule has 1 saturated heterocycles. The van der Waals surface area contributed by atoms with E-state index in [0.717, 1.165) is 12.0 Å². The van der Waals surface area contributed by atoms with E-state index in [2.05, 4.69) is 44.9 Å². The molecule has 10 heteroatoms. The number of carbonyl (C=O) groups is 4. The predicted octanol–water partition coefficient (Wildman–Crippen LogP) is 3.84. The Kier molecular flexibility index (Phi) is 17.3. The normalized spacial score (nSPS) is 15.9. The molecule has 3 amide bonds. The van der Waals surface area contributed by atoms with Crippen molar-refractivity contribution in [3.05, 3.63) is 83.9 Å². The first-order chi connectivity index (χ1) is 23.9. The van der Waals surface area contributed by atoms with Gasteiger partial charge in [-0.15, -0.1) is 0 Å². The molecule has 0 aromatic heterocycles. The number of ketones is 1. The summed E-state index contributed by atoms with van der Waals surface area (Å²) < 4.78 is 5.43. The first-order valence-electron chi connectivity index (χ1n) is 18.1. The van der Waals surface area contributed by atoms with E-state index in [1.54, 1.807) is 6.92 Å². The second-order valence-electron chi connectivity index (χ2n) is 14.4. The quantitative estimate of drug-likeness (QED) is 0.147. The Morgan fingerprint density at radius 2 is 1.30 bits per heavy atom. The highest BCUT2D eigenvalue weighted by molar-refractivity contribution is 6.01. The average molecular weight is 690 g/mol. The standard InChI is InChI=1S/C40H59N5O5/c1-28(2)23-34(38(47)30(5)6)43-40(49)36(25-32-15-11-8-12-16-32)44-39(48)35(24-29(3)4)41-26-33(18-17-31-13-9-7-10-14-31)42-37(46)27-45-19-21-50-22-20-45/h7-16,28-29,33-36,41H,5,17-27H2,1-4,6H3,(H,42,46)(H,43,49)(H,44,48)/t33-,34+,35+,36+/m1/s1. The van der Waals surface area contributed by atoms with Crippen LogP contribution in [0.15, 0.2) is 72.8 Å². The van der Waals surface area contributed by atoms with Gasteiger partial charge in [-0.05, 0) is 61.1 Å². The Bertz CT molecular complexity index is 1360. The summed E-state index contributed by atoms with van der Waals surface area (Å²) in [5.41, 5.74) is 2.43. The van der Waals surface area contributed by atoms with Gasteiger partial charge < -0.3 is 26.0 Å². The van der Waals surface area contributed by atoms with Crippen molar-refractivity contribution in [2.75, 3.05) is 39.4 Å². The van der Waals surface area contributed by atoms with E-state index in [0.29, 0.717) is 64.2 Å². The van der Waals surface area contributed by atoms with Crippen molar-refractivity contribution in [3.8, 4) is 0 Å². The van der Waals surface area contributed by atoms with Crippen LogP contribution in [0.2, 0.25) is 0 Å². The number of amides is 3. The minimum atomic E-state index is -0.906. The molecule has 2 aromatic carbocycles. The zero-order valence-electron chi connectivity index (χ0n) is 30.7. The van der Waals surface area contributed by atoms with Crippen molar-refractivity contribution in [2.45, 2.75) is 90.9 Å². The van der Waals surface area contributed by atoms with Crippen molar-refractivity contribution in [1.82, 2.24) is 26.2 Å². The van der Waals surface area contributed by atoms with Gasteiger partial charge in [0, 0.05) is 32.1 Å². The fourth-order valence-corrected chi connectivity index (χ4v) is 6.09. The summed E-state index contributed by atoms with van der Waals surface area (Å²) in [5, 5.41) is 12.6. The van der Waals surface area contributed by atoms with Crippen LogP contribution in [0, 0.1) is 11.8 Å². The van der Waals surface area contributed by atoms with Crippen LogP contribution < -0.4 is 21.3 Å². The van der Waals surface area contributed by atoms with E-state index < -0.39 is 24.0 Å². The van der Waals surface area contributed by atoms with Crippen LogP contribution in [-0.4, -0.2) is 92.0 Å². The highest BCUT2D eigenvalue weighted by Crippen LogP contribution is 2.13. The zero-order valence-corrected chi connectivity index (χ0v) is 30.7. The maximum atomic E-state index is 14.0. The van der Waals surface area contributed by atoms with Gasteiger partial charge >= 0.3 is 0 Å². The molecule has 4 atom stereocenters. The molecule has 0 bridgehead atoms. The summed E-state index contributed by atoms with van der Waals surface area (Å²) in [7, 11) is 0. The fourth-order valence-electron chi connectivity index (χ4n) is 6.09. The number of aryl methyl sites for hydroxylation is 1. The van der Waals surface area contributed by atoms with E-state index in [1.807, 2.05) is 76.2 Å². The first kappa shape index (κ1) is 40.6. The van der Waals surface area contributed by atoms with E-state index >= 15 is 0 Å². The molecule has 1 heterocycles. The number of nitrogens with one attached hydrogen (secondary N) is 4. The van der Waals surface area contributed by atoms with Gasteiger partial charge in [0.1, 0.15) is 6.04 Å². The smallest absolute Gasteiger partial charge is 0.243 e. The van der Waals surface area contributed by atoms with Crippen molar-refractivity contribution in [3.63, 3.8) is 0 Å². The van der Waals surface area contributed by atoms with Gasteiger partial charge in [0.05, 0.1) is 31.8 Å². The lowest BCUT2D eigenvalue weighted by atomic mass is 9.96. The SMILES string of the molecule is C=C(C)C(=O)[C@H](CC(C)C)NC(=O)[C@H](Cc1ccccc1)NC(=O)[C@H](CC(C)C)NC[C@@H](CCc1ccccc1)NC(=O)CN1CCOCC1. The molecular formula is C40H59N5O5. The van der Waals surface area contributed by atoms with E-state index in [1.165, 1.54) is 5.56 Å². The summed E-state index contributed by atoms with van der Waals surface area (Å²) >= 11 is 0. The summed E-state index contributed by atoms with van der Waals surface area (Å²) in [5.74, 6) is -0.647. The lowest BCUT2D eigenvalue weighted by Gasteiger charge is -2.29. The van der Waals surface area contributed by atoms with Crippen molar-refractivity contribution in [2.24, 2.45) is 11.8 Å². The number of hydrogen-bond acceptors (Lipinski definition) is 7. The minimum Gasteiger partial charge on any atom is -0.379 e. The fraction of sp³-hybridized carbons (Fsp3) is 0.550. The van der Waals surface area contributed by atoms with Crippen LogP contribution in [-0.2, 0) is 36.8 Å². The Morgan fingerprint density at radius 3 is 1.88 bits per heavy atom. The predicted molar refractivity (Wildman–Crippen MR) is 198 cm³/mol. The number of Topliss-reactive ketones (excluding diaryl/α,β-unsaturated/α-hetero) is 1. The van der Waals surface area contributed by atoms with E-state index in [4.69, 9.17) is 4.74 Å². The second-order valence-corrected chi connectivity index (χ2v) is 14.4. The Balaban J connectivity index is 1.76. The van der Waals surface area contributed by atoms with Gasteiger partial charge in [-0.1, -0.05) is 94.9 Å². The molecule has 1 aliphatic heterocycles. The van der Waals surface area contributed by atoms with Gasteiger partial charge in [-0.3, -0.25) is 24.1 Å². The van der Waals surface area contributed by atoms with Crippen LogP contribution in [0.1, 0.15) is 65.0 Å². The largest absolute Gasteiger partial charge is 0.379 e. The van der Waals surface area contributed by atoms with Gasteiger partial charge in [-0.2, -0.15) is 0 Å². The third-order valence-electron chi connectivity index (χ3n) is 8.77. The number of hydrogen-bond donors (Lipinski definition) is 4. The molecule has 0 saturated carbocycles. The highest BCUT2D eigenvalue weighted by atomic mass is 16.5. The monoisotopic (exact) mass is 689 g/mol. The van der Waals surface area contributed by atoms with Gasteiger partial charge in [0.25, 0.3) is 0 Å².